The van der Waals surface area contributed by atoms with Crippen molar-refractivity contribution in [1.82, 2.24) is 10.1 Å². The molecular formula is C15H14N4O3. The van der Waals surface area contributed by atoms with Crippen molar-refractivity contribution >= 4 is 11.6 Å². The molecule has 1 N–H and O–H groups in total. The van der Waals surface area contributed by atoms with Gasteiger partial charge in [0.05, 0.1) is 6.42 Å². The average molecular weight is 298 g/mol. The van der Waals surface area contributed by atoms with Crippen molar-refractivity contribution in [3.63, 3.8) is 0 Å². The molecule has 0 radical (unpaired) electrons. The zero-order valence-electron chi connectivity index (χ0n) is 12.0. The predicted molar refractivity (Wildman–Crippen MR) is 77.4 cm³/mol. The summed E-state index contributed by atoms with van der Waals surface area (Å²) in [6, 6.07) is 3.80. The molecule has 0 saturated heterocycles. The predicted octanol–water partition coefficient (Wildman–Crippen LogP) is 1.06. The minimum Gasteiger partial charge on any atom is -0.360 e. The Balaban J connectivity index is 1.92. The quantitative estimate of drug-likeness (QED) is 0.893. The fourth-order valence-corrected chi connectivity index (χ4v) is 2.72. The minimum absolute atomic E-state index is 0.0615. The third-order valence-electron chi connectivity index (χ3n) is 3.78. The first-order valence-corrected chi connectivity index (χ1v) is 6.98. The highest BCUT2D eigenvalue weighted by Crippen LogP contribution is 2.24. The summed E-state index contributed by atoms with van der Waals surface area (Å²) < 4.78 is 4.96. The van der Waals surface area contributed by atoms with E-state index in [4.69, 9.17) is 9.78 Å². The van der Waals surface area contributed by atoms with Crippen LogP contribution in [0, 0.1) is 18.3 Å². The molecule has 3 rings (SSSR count). The molecule has 3 heterocycles. The Kier molecular flexibility index (Phi) is 3.51. The minimum atomic E-state index is -0.276. The van der Waals surface area contributed by atoms with Crippen molar-refractivity contribution in [1.29, 1.82) is 5.26 Å². The van der Waals surface area contributed by atoms with Crippen LogP contribution < -0.4 is 10.5 Å². The number of hydrogen-bond donors (Lipinski definition) is 1. The van der Waals surface area contributed by atoms with E-state index in [1.807, 2.05) is 12.1 Å². The number of pyridine rings is 1. The van der Waals surface area contributed by atoms with Crippen molar-refractivity contribution < 1.29 is 9.32 Å². The highest BCUT2D eigenvalue weighted by Gasteiger charge is 2.27. The number of anilines is 1. The summed E-state index contributed by atoms with van der Waals surface area (Å²) in [6.45, 7) is 2.11. The zero-order valence-corrected chi connectivity index (χ0v) is 12.0. The van der Waals surface area contributed by atoms with Gasteiger partial charge in [-0.1, -0.05) is 5.16 Å². The molecule has 0 unspecified atom stereocenters. The SMILES string of the molecule is Cc1onc(CC(=O)N2CCCc3cc[nH]c(=O)c32)c1C#N. The topological polar surface area (TPSA) is 103 Å². The van der Waals surface area contributed by atoms with Crippen LogP contribution in [0.25, 0.3) is 0 Å². The number of nitrogens with one attached hydrogen (secondary N) is 1. The second-order valence-electron chi connectivity index (χ2n) is 5.18. The van der Waals surface area contributed by atoms with Gasteiger partial charge in [0.25, 0.3) is 5.56 Å². The highest BCUT2D eigenvalue weighted by molar-refractivity contribution is 5.95. The molecule has 0 spiro atoms. The van der Waals surface area contributed by atoms with Gasteiger partial charge in [-0.05, 0) is 31.4 Å². The van der Waals surface area contributed by atoms with Crippen LogP contribution in [-0.4, -0.2) is 22.6 Å². The molecule has 0 bridgehead atoms. The van der Waals surface area contributed by atoms with Crippen LogP contribution in [0.1, 0.15) is 29.0 Å². The van der Waals surface area contributed by atoms with Crippen LogP contribution in [-0.2, 0) is 17.6 Å². The normalized spacial score (nSPS) is 13.5. The molecule has 0 aromatic carbocycles. The number of amides is 1. The van der Waals surface area contributed by atoms with Gasteiger partial charge in [0.2, 0.25) is 5.91 Å². The van der Waals surface area contributed by atoms with Crippen LogP contribution in [0.4, 0.5) is 5.69 Å². The van der Waals surface area contributed by atoms with E-state index >= 15 is 0 Å². The lowest BCUT2D eigenvalue weighted by Crippen LogP contribution is -2.40. The molecule has 0 atom stereocenters. The van der Waals surface area contributed by atoms with Gasteiger partial charge in [0, 0.05) is 12.7 Å². The summed E-state index contributed by atoms with van der Waals surface area (Å²) in [7, 11) is 0. The summed E-state index contributed by atoms with van der Waals surface area (Å²) >= 11 is 0. The van der Waals surface area contributed by atoms with E-state index in [0.29, 0.717) is 23.7 Å². The van der Waals surface area contributed by atoms with E-state index in [2.05, 4.69) is 10.1 Å². The summed E-state index contributed by atoms with van der Waals surface area (Å²) in [6.07, 6.45) is 3.10. The molecular weight excluding hydrogens is 284 g/mol. The first kappa shape index (κ1) is 14.1. The van der Waals surface area contributed by atoms with Gasteiger partial charge in [0.15, 0.2) is 5.76 Å². The molecule has 1 aliphatic heterocycles. The van der Waals surface area contributed by atoms with Gasteiger partial charge in [-0.25, -0.2) is 0 Å². The standard InChI is InChI=1S/C15H14N4O3/c1-9-11(8-16)12(18-22-9)7-13(20)19-6-2-3-10-4-5-17-15(21)14(10)19/h4-5H,2-3,6-7H2,1H3,(H,17,21). The Bertz CT molecular complexity index is 828. The molecule has 1 aliphatic rings. The Morgan fingerprint density at radius 3 is 3.18 bits per heavy atom. The van der Waals surface area contributed by atoms with Gasteiger partial charge in [0.1, 0.15) is 23.0 Å². The number of carbonyl (C=O) groups is 1. The maximum atomic E-state index is 12.5. The van der Waals surface area contributed by atoms with Gasteiger partial charge in [-0.3, -0.25) is 9.59 Å². The summed E-state index contributed by atoms with van der Waals surface area (Å²) in [4.78, 5) is 28.6. The van der Waals surface area contributed by atoms with Gasteiger partial charge >= 0.3 is 0 Å². The van der Waals surface area contributed by atoms with E-state index in [1.54, 1.807) is 13.1 Å². The molecule has 2 aromatic heterocycles. The number of H-pyrrole nitrogens is 1. The number of rotatable bonds is 2. The van der Waals surface area contributed by atoms with Crippen LogP contribution in [0.5, 0.6) is 0 Å². The van der Waals surface area contributed by atoms with Crippen molar-refractivity contribution in [2.45, 2.75) is 26.2 Å². The maximum absolute atomic E-state index is 12.5. The van der Waals surface area contributed by atoms with Crippen LogP contribution >= 0.6 is 0 Å². The molecule has 22 heavy (non-hydrogen) atoms. The number of nitrogens with zero attached hydrogens (tertiary/aromatic N) is 3. The summed E-state index contributed by atoms with van der Waals surface area (Å²) in [5, 5.41) is 12.9. The number of aromatic amines is 1. The van der Waals surface area contributed by atoms with Crippen molar-refractivity contribution in [3.8, 4) is 6.07 Å². The molecule has 2 aromatic rings. The van der Waals surface area contributed by atoms with Crippen molar-refractivity contribution in [2.75, 3.05) is 11.4 Å². The molecule has 0 fully saturated rings. The molecule has 0 aliphatic carbocycles. The molecule has 7 nitrogen and oxygen atoms in total. The van der Waals surface area contributed by atoms with E-state index in [9.17, 15) is 9.59 Å². The monoisotopic (exact) mass is 298 g/mol. The van der Waals surface area contributed by atoms with E-state index < -0.39 is 0 Å². The lowest BCUT2D eigenvalue weighted by molar-refractivity contribution is -0.118. The largest absolute Gasteiger partial charge is 0.360 e. The highest BCUT2D eigenvalue weighted by atomic mass is 16.5. The van der Waals surface area contributed by atoms with Crippen LogP contribution in [0.3, 0.4) is 0 Å². The first-order chi connectivity index (χ1) is 10.6. The molecule has 0 saturated carbocycles. The summed E-state index contributed by atoms with van der Waals surface area (Å²) in [5.74, 6) is 0.129. The lowest BCUT2D eigenvalue weighted by atomic mass is 10.0. The molecule has 112 valence electrons. The number of hydrogen-bond acceptors (Lipinski definition) is 5. The number of aryl methyl sites for hydroxylation is 2. The van der Waals surface area contributed by atoms with E-state index in [1.165, 1.54) is 4.90 Å². The van der Waals surface area contributed by atoms with Crippen LogP contribution in [0.15, 0.2) is 21.6 Å². The number of nitriles is 1. The first-order valence-electron chi connectivity index (χ1n) is 6.98. The van der Waals surface area contributed by atoms with Gasteiger partial charge in [-0.2, -0.15) is 5.26 Å². The third-order valence-corrected chi connectivity index (χ3v) is 3.78. The second-order valence-corrected chi connectivity index (χ2v) is 5.18. The fraction of sp³-hybridized carbons (Fsp3) is 0.333. The van der Waals surface area contributed by atoms with Crippen LogP contribution in [0.2, 0.25) is 0 Å². The van der Waals surface area contributed by atoms with E-state index in [-0.39, 0.29) is 23.5 Å². The number of fused-ring (bicyclic) bond motifs is 1. The van der Waals surface area contributed by atoms with Gasteiger partial charge < -0.3 is 14.4 Å². The molecule has 1 amide bonds. The second kappa shape index (κ2) is 5.48. The molecule has 7 heteroatoms. The number of carbonyl (C=O) groups excluding carboxylic acids is 1. The lowest BCUT2D eigenvalue weighted by Gasteiger charge is -2.28. The van der Waals surface area contributed by atoms with Gasteiger partial charge in [-0.15, -0.1) is 0 Å². The zero-order chi connectivity index (χ0) is 15.7. The van der Waals surface area contributed by atoms with E-state index in [0.717, 1.165) is 18.4 Å². The Labute approximate surface area is 126 Å². The fourth-order valence-electron chi connectivity index (χ4n) is 2.72. The van der Waals surface area contributed by atoms with Crippen molar-refractivity contribution in [2.24, 2.45) is 0 Å². The Morgan fingerprint density at radius 1 is 1.59 bits per heavy atom. The smallest absolute Gasteiger partial charge is 0.272 e. The average Bonchev–Trinajstić information content (AvgIpc) is 2.87. The summed E-state index contributed by atoms with van der Waals surface area (Å²) in [5.41, 5.74) is 1.58. The maximum Gasteiger partial charge on any atom is 0.272 e. The Morgan fingerprint density at radius 2 is 2.41 bits per heavy atom. The van der Waals surface area contributed by atoms with Crippen molar-refractivity contribution in [3.05, 3.63) is 45.2 Å². The Hall–Kier alpha value is -2.88. The number of aromatic nitrogens is 2. The third kappa shape index (κ3) is 2.29.